The van der Waals surface area contributed by atoms with Crippen molar-refractivity contribution in [2.45, 2.75) is 33.2 Å². The van der Waals surface area contributed by atoms with Crippen LogP contribution in [0.25, 0.3) is 0 Å². The van der Waals surface area contributed by atoms with Crippen LogP contribution in [0.4, 0.5) is 5.69 Å². The summed E-state index contributed by atoms with van der Waals surface area (Å²) in [5.41, 5.74) is 4.98. The molecule has 0 radical (unpaired) electrons. The molecule has 2 aromatic carbocycles. The summed E-state index contributed by atoms with van der Waals surface area (Å²) < 4.78 is 0. The summed E-state index contributed by atoms with van der Waals surface area (Å²) in [4.78, 5) is 32.0. The molecule has 2 heterocycles. The van der Waals surface area contributed by atoms with Crippen LogP contribution in [0.5, 0.6) is 0 Å². The minimum Gasteiger partial charge on any atom is -0.368 e. The van der Waals surface area contributed by atoms with Crippen LogP contribution in [0, 0.1) is 19.8 Å². The quantitative estimate of drug-likeness (QED) is 0.781. The van der Waals surface area contributed by atoms with Crippen molar-refractivity contribution in [1.82, 2.24) is 9.80 Å². The molecule has 2 atom stereocenters. The normalized spacial score (nSPS) is 20.6. The third kappa shape index (κ3) is 3.93. The van der Waals surface area contributed by atoms with E-state index in [0.29, 0.717) is 26.1 Å². The number of aryl methyl sites for hydroxylation is 1. The molecule has 2 fully saturated rings. The summed E-state index contributed by atoms with van der Waals surface area (Å²) in [6, 6.07) is 16.4. The lowest BCUT2D eigenvalue weighted by Crippen LogP contribution is -2.51. The van der Waals surface area contributed by atoms with E-state index in [4.69, 9.17) is 0 Å². The zero-order chi connectivity index (χ0) is 21.3. The largest absolute Gasteiger partial charge is 0.368 e. The van der Waals surface area contributed by atoms with Gasteiger partial charge in [0.2, 0.25) is 11.8 Å². The molecule has 2 aromatic rings. The highest BCUT2D eigenvalue weighted by Gasteiger charge is 2.39. The molecule has 2 saturated heterocycles. The molecule has 4 rings (SSSR count). The number of carbonyl (C=O) groups excluding carboxylic acids is 2. The van der Waals surface area contributed by atoms with E-state index in [1.165, 1.54) is 16.8 Å². The molecule has 2 aliphatic rings. The lowest BCUT2D eigenvalue weighted by molar-refractivity contribution is -0.136. The van der Waals surface area contributed by atoms with E-state index in [0.717, 1.165) is 18.7 Å². The molecule has 30 heavy (non-hydrogen) atoms. The molecule has 0 saturated carbocycles. The van der Waals surface area contributed by atoms with Gasteiger partial charge in [0.25, 0.3) is 0 Å². The number of carbonyl (C=O) groups is 2. The fourth-order valence-corrected chi connectivity index (χ4v) is 4.69. The Balaban J connectivity index is 1.37. The molecule has 0 spiro atoms. The van der Waals surface area contributed by atoms with Crippen molar-refractivity contribution in [2.24, 2.45) is 5.92 Å². The van der Waals surface area contributed by atoms with Gasteiger partial charge in [0.05, 0.1) is 12.0 Å². The van der Waals surface area contributed by atoms with Gasteiger partial charge >= 0.3 is 0 Å². The topological polar surface area (TPSA) is 43.9 Å². The maximum atomic E-state index is 13.1. The monoisotopic (exact) mass is 405 g/mol. The fraction of sp³-hybridized carbons (Fsp3) is 0.440. The van der Waals surface area contributed by atoms with Crippen LogP contribution in [0.2, 0.25) is 0 Å². The number of benzene rings is 2. The molecule has 0 unspecified atom stereocenters. The van der Waals surface area contributed by atoms with E-state index in [1.807, 2.05) is 47.1 Å². The molecule has 0 aromatic heterocycles. The van der Waals surface area contributed by atoms with Crippen molar-refractivity contribution in [3.8, 4) is 0 Å². The Morgan fingerprint density at radius 1 is 0.967 bits per heavy atom. The van der Waals surface area contributed by atoms with Gasteiger partial charge in [-0.2, -0.15) is 0 Å². The molecule has 0 N–H and O–H groups in total. The molecule has 5 nitrogen and oxygen atoms in total. The number of hydrogen-bond acceptors (Lipinski definition) is 3. The van der Waals surface area contributed by atoms with Gasteiger partial charge in [-0.3, -0.25) is 9.59 Å². The Morgan fingerprint density at radius 3 is 2.37 bits per heavy atom. The van der Waals surface area contributed by atoms with E-state index >= 15 is 0 Å². The third-order valence-electron chi connectivity index (χ3n) is 6.77. The predicted octanol–water partition coefficient (Wildman–Crippen LogP) is 3.56. The van der Waals surface area contributed by atoms with Gasteiger partial charge in [-0.15, -0.1) is 0 Å². The Kier molecular flexibility index (Phi) is 5.80. The van der Waals surface area contributed by atoms with Crippen molar-refractivity contribution >= 4 is 17.5 Å². The first-order chi connectivity index (χ1) is 14.5. The summed E-state index contributed by atoms with van der Waals surface area (Å²) in [5, 5.41) is 0. The van der Waals surface area contributed by atoms with E-state index < -0.39 is 0 Å². The Bertz CT molecular complexity index is 919. The number of nitrogens with zero attached hydrogens (tertiary/aromatic N) is 3. The number of anilines is 1. The SMILES string of the molecule is Cc1cccc(N2CCN(C(=O)[C@H]3CC(=O)N([C@@H](C)c4ccccc4)C3)CC2)c1C. The molecular weight excluding hydrogens is 374 g/mol. The molecule has 0 aliphatic carbocycles. The molecular formula is C25H31N3O2. The number of hydrogen-bond donors (Lipinski definition) is 0. The first-order valence-corrected chi connectivity index (χ1v) is 10.9. The van der Waals surface area contributed by atoms with Crippen molar-refractivity contribution < 1.29 is 9.59 Å². The van der Waals surface area contributed by atoms with E-state index in [9.17, 15) is 9.59 Å². The summed E-state index contributed by atoms with van der Waals surface area (Å²) in [7, 11) is 0. The number of rotatable bonds is 4. The molecule has 0 bridgehead atoms. The predicted molar refractivity (Wildman–Crippen MR) is 119 cm³/mol. The molecule has 2 aliphatic heterocycles. The van der Waals surface area contributed by atoms with E-state index in [1.54, 1.807) is 0 Å². The highest BCUT2D eigenvalue weighted by Crippen LogP contribution is 2.30. The summed E-state index contributed by atoms with van der Waals surface area (Å²) >= 11 is 0. The fourth-order valence-electron chi connectivity index (χ4n) is 4.69. The van der Waals surface area contributed by atoms with Gasteiger partial charge < -0.3 is 14.7 Å². The highest BCUT2D eigenvalue weighted by molar-refractivity contribution is 5.89. The molecule has 5 heteroatoms. The van der Waals surface area contributed by atoms with E-state index in [2.05, 4.69) is 36.9 Å². The van der Waals surface area contributed by atoms with Crippen LogP contribution in [-0.2, 0) is 9.59 Å². The van der Waals surface area contributed by atoms with Crippen molar-refractivity contribution in [3.63, 3.8) is 0 Å². The lowest BCUT2D eigenvalue weighted by Gasteiger charge is -2.38. The molecule has 2 amide bonds. The number of piperazine rings is 1. The standard InChI is InChI=1S/C25H31N3O2/c1-18-8-7-11-23(19(18)2)26-12-14-27(15-13-26)25(30)22-16-24(29)28(17-22)20(3)21-9-5-4-6-10-21/h4-11,20,22H,12-17H2,1-3H3/t20-,22-/m0/s1. The second-order valence-corrected chi connectivity index (χ2v) is 8.57. The number of likely N-dealkylation sites (tertiary alicyclic amines) is 1. The zero-order valence-corrected chi connectivity index (χ0v) is 18.2. The first kappa shape index (κ1) is 20.5. The highest BCUT2D eigenvalue weighted by atomic mass is 16.2. The average Bonchev–Trinajstić information content (AvgIpc) is 3.17. The van der Waals surface area contributed by atoms with Crippen LogP contribution in [-0.4, -0.2) is 54.3 Å². The van der Waals surface area contributed by atoms with E-state index in [-0.39, 0.29) is 23.8 Å². The van der Waals surface area contributed by atoms with Crippen LogP contribution in [0.3, 0.4) is 0 Å². The second kappa shape index (κ2) is 8.50. The molecule has 158 valence electrons. The minimum atomic E-state index is -0.226. The van der Waals surface area contributed by atoms with Gasteiger partial charge in [-0.05, 0) is 43.5 Å². The van der Waals surface area contributed by atoms with Gasteiger partial charge in [0.15, 0.2) is 0 Å². The minimum absolute atomic E-state index is 0.00218. The third-order valence-corrected chi connectivity index (χ3v) is 6.77. The maximum absolute atomic E-state index is 13.1. The summed E-state index contributed by atoms with van der Waals surface area (Å²) in [6.45, 7) is 9.96. The first-order valence-electron chi connectivity index (χ1n) is 10.9. The van der Waals surface area contributed by atoms with Crippen LogP contribution in [0.15, 0.2) is 48.5 Å². The summed E-state index contributed by atoms with van der Waals surface area (Å²) in [6.07, 6.45) is 0.327. The average molecular weight is 406 g/mol. The van der Waals surface area contributed by atoms with Crippen molar-refractivity contribution in [2.75, 3.05) is 37.6 Å². The van der Waals surface area contributed by atoms with Gasteiger partial charge in [0.1, 0.15) is 0 Å². The second-order valence-electron chi connectivity index (χ2n) is 8.57. The smallest absolute Gasteiger partial charge is 0.228 e. The van der Waals surface area contributed by atoms with Gasteiger partial charge in [-0.1, -0.05) is 42.5 Å². The van der Waals surface area contributed by atoms with Gasteiger partial charge in [0, 0.05) is 44.8 Å². The number of amides is 2. The maximum Gasteiger partial charge on any atom is 0.228 e. The Morgan fingerprint density at radius 2 is 1.67 bits per heavy atom. The Labute approximate surface area is 179 Å². The van der Waals surface area contributed by atoms with Crippen LogP contribution in [0.1, 0.15) is 36.1 Å². The zero-order valence-electron chi connectivity index (χ0n) is 18.2. The van der Waals surface area contributed by atoms with Crippen molar-refractivity contribution in [3.05, 3.63) is 65.2 Å². The summed E-state index contributed by atoms with van der Waals surface area (Å²) in [5.74, 6) is -0.0126. The van der Waals surface area contributed by atoms with Gasteiger partial charge in [-0.25, -0.2) is 0 Å². The lowest BCUT2D eigenvalue weighted by atomic mass is 10.0. The van der Waals surface area contributed by atoms with Crippen LogP contribution >= 0.6 is 0 Å². The Hall–Kier alpha value is -2.82. The van der Waals surface area contributed by atoms with Crippen molar-refractivity contribution in [1.29, 1.82) is 0 Å². The van der Waals surface area contributed by atoms with Crippen LogP contribution < -0.4 is 4.90 Å².